The van der Waals surface area contributed by atoms with Gasteiger partial charge in [-0.25, -0.2) is 8.78 Å². The van der Waals surface area contributed by atoms with Crippen LogP contribution in [0.1, 0.15) is 23.2 Å². The van der Waals surface area contributed by atoms with Crippen LogP contribution in [0.5, 0.6) is 0 Å². The third-order valence-corrected chi connectivity index (χ3v) is 2.66. The van der Waals surface area contributed by atoms with Gasteiger partial charge >= 0.3 is 0 Å². The van der Waals surface area contributed by atoms with Crippen LogP contribution in [0.4, 0.5) is 8.78 Å². The summed E-state index contributed by atoms with van der Waals surface area (Å²) >= 11 is 0. The Hall–Kier alpha value is -1.22. The van der Waals surface area contributed by atoms with Crippen LogP contribution in [0.15, 0.2) is 24.3 Å². The van der Waals surface area contributed by atoms with Gasteiger partial charge in [-0.1, -0.05) is 12.2 Å². The lowest BCUT2D eigenvalue weighted by atomic mass is 9.96. The molecule has 2 atom stereocenters. The van der Waals surface area contributed by atoms with Gasteiger partial charge in [0.25, 0.3) is 0 Å². The second-order valence-electron chi connectivity index (χ2n) is 3.36. The molecule has 2 bridgehead atoms. The summed E-state index contributed by atoms with van der Waals surface area (Å²) in [7, 11) is 0. The van der Waals surface area contributed by atoms with Gasteiger partial charge in [0.2, 0.25) is 0 Å². The Balaban J connectivity index is 2.33. The van der Waals surface area contributed by atoms with E-state index >= 15 is 0 Å². The number of hydrogen-bond acceptors (Lipinski definition) is 1. The van der Waals surface area contributed by atoms with Crippen molar-refractivity contribution in [2.24, 2.45) is 0 Å². The Kier molecular flexibility index (Phi) is 1.21. The minimum absolute atomic E-state index is 0.129. The molecule has 0 saturated heterocycles. The minimum atomic E-state index is -0.319. The molecule has 1 nitrogen and oxygen atoms in total. The van der Waals surface area contributed by atoms with E-state index in [-0.39, 0.29) is 23.7 Å². The molecule has 1 N–H and O–H groups in total. The Labute approximate surface area is 74.1 Å². The van der Waals surface area contributed by atoms with Crippen molar-refractivity contribution >= 4 is 0 Å². The lowest BCUT2D eigenvalue weighted by Gasteiger charge is -2.09. The zero-order chi connectivity index (χ0) is 9.00. The van der Waals surface area contributed by atoms with E-state index in [9.17, 15) is 8.78 Å². The molecule has 0 aromatic heterocycles. The maximum Gasteiger partial charge on any atom is 0.128 e. The largest absolute Gasteiger partial charge is 0.296 e. The zero-order valence-corrected chi connectivity index (χ0v) is 6.72. The zero-order valence-electron chi connectivity index (χ0n) is 6.72. The first-order valence-corrected chi connectivity index (χ1v) is 4.19. The van der Waals surface area contributed by atoms with Crippen LogP contribution in [-0.2, 0) is 0 Å². The Morgan fingerprint density at radius 2 is 1.38 bits per heavy atom. The average molecular weight is 179 g/mol. The average Bonchev–Trinajstić information content (AvgIpc) is 2.70. The Morgan fingerprint density at radius 1 is 0.923 bits per heavy atom. The molecule has 0 radical (unpaired) electrons. The van der Waals surface area contributed by atoms with E-state index in [0.29, 0.717) is 11.1 Å². The molecule has 0 saturated carbocycles. The number of rotatable bonds is 0. The van der Waals surface area contributed by atoms with E-state index < -0.39 is 0 Å². The summed E-state index contributed by atoms with van der Waals surface area (Å²) < 4.78 is 26.6. The standard InChI is InChI=1S/C10H7F2N/c11-5-1-2-6(12)10-8-4-3-7(13-8)9(5)10/h1-4,7-8,13H. The second-order valence-corrected chi connectivity index (χ2v) is 3.36. The molecular formula is C10H7F2N. The smallest absolute Gasteiger partial charge is 0.128 e. The molecule has 3 heteroatoms. The number of benzene rings is 1. The third-order valence-electron chi connectivity index (χ3n) is 2.66. The van der Waals surface area contributed by atoms with E-state index in [1.54, 1.807) is 0 Å². The van der Waals surface area contributed by atoms with Crippen molar-refractivity contribution < 1.29 is 8.78 Å². The van der Waals surface area contributed by atoms with Gasteiger partial charge in [0.05, 0.1) is 12.1 Å². The third kappa shape index (κ3) is 0.773. The van der Waals surface area contributed by atoms with Gasteiger partial charge in [-0.15, -0.1) is 0 Å². The number of hydrogen-bond donors (Lipinski definition) is 1. The summed E-state index contributed by atoms with van der Waals surface area (Å²) in [6, 6.07) is 2.11. The summed E-state index contributed by atoms with van der Waals surface area (Å²) in [5.74, 6) is -0.637. The maximum absolute atomic E-state index is 13.3. The first-order chi connectivity index (χ1) is 6.27. The topological polar surface area (TPSA) is 12.0 Å². The van der Waals surface area contributed by atoms with Crippen LogP contribution < -0.4 is 5.32 Å². The number of nitrogens with one attached hydrogen (secondary N) is 1. The first-order valence-electron chi connectivity index (χ1n) is 4.19. The molecule has 0 spiro atoms. The van der Waals surface area contributed by atoms with E-state index in [0.717, 1.165) is 0 Å². The predicted molar refractivity (Wildman–Crippen MR) is 44.1 cm³/mol. The minimum Gasteiger partial charge on any atom is -0.296 e. The second kappa shape index (κ2) is 2.17. The van der Waals surface area contributed by atoms with Crippen molar-refractivity contribution in [3.05, 3.63) is 47.0 Å². The molecular weight excluding hydrogens is 172 g/mol. The van der Waals surface area contributed by atoms with E-state index in [1.165, 1.54) is 12.1 Å². The molecule has 0 amide bonds. The molecule has 3 rings (SSSR count). The van der Waals surface area contributed by atoms with Gasteiger partial charge in [-0.3, -0.25) is 5.32 Å². The quantitative estimate of drug-likeness (QED) is 0.602. The van der Waals surface area contributed by atoms with Crippen LogP contribution >= 0.6 is 0 Å². The van der Waals surface area contributed by atoms with Crippen molar-refractivity contribution in [2.45, 2.75) is 12.1 Å². The van der Waals surface area contributed by atoms with Crippen LogP contribution in [-0.4, -0.2) is 0 Å². The van der Waals surface area contributed by atoms with Crippen molar-refractivity contribution in [3.63, 3.8) is 0 Å². The molecule has 1 aromatic carbocycles. The monoisotopic (exact) mass is 179 g/mol. The molecule has 0 aliphatic carbocycles. The van der Waals surface area contributed by atoms with E-state index in [2.05, 4.69) is 5.32 Å². The summed E-state index contributed by atoms with van der Waals surface area (Å²) in [4.78, 5) is 0. The summed E-state index contributed by atoms with van der Waals surface area (Å²) in [6.45, 7) is 0. The highest BCUT2D eigenvalue weighted by Crippen LogP contribution is 2.42. The molecule has 13 heavy (non-hydrogen) atoms. The normalized spacial score (nSPS) is 28.2. The molecule has 1 aromatic rings. The number of halogens is 2. The van der Waals surface area contributed by atoms with E-state index in [1.807, 2.05) is 12.2 Å². The fourth-order valence-corrected chi connectivity index (χ4v) is 2.10. The summed E-state index contributed by atoms with van der Waals surface area (Å²) in [6.07, 6.45) is 3.74. The van der Waals surface area contributed by atoms with Crippen molar-refractivity contribution in [3.8, 4) is 0 Å². The van der Waals surface area contributed by atoms with E-state index in [4.69, 9.17) is 0 Å². The highest BCUT2D eigenvalue weighted by atomic mass is 19.1. The highest BCUT2D eigenvalue weighted by Gasteiger charge is 2.36. The fraction of sp³-hybridized carbons (Fsp3) is 0.200. The molecule has 2 aliphatic heterocycles. The maximum atomic E-state index is 13.3. The SMILES string of the molecule is Fc1ccc(F)c2c1C1C=CC2N1. The lowest BCUT2D eigenvalue weighted by Crippen LogP contribution is -2.07. The Morgan fingerprint density at radius 3 is 1.85 bits per heavy atom. The van der Waals surface area contributed by atoms with Gasteiger partial charge in [0.1, 0.15) is 11.6 Å². The Bertz CT molecular complexity index is 375. The fourth-order valence-electron chi connectivity index (χ4n) is 2.10. The summed E-state index contributed by atoms with van der Waals surface area (Å²) in [5, 5.41) is 3.08. The molecule has 2 heterocycles. The summed E-state index contributed by atoms with van der Waals surface area (Å²) in [5.41, 5.74) is 0.958. The van der Waals surface area contributed by atoms with Crippen molar-refractivity contribution in [1.29, 1.82) is 0 Å². The van der Waals surface area contributed by atoms with Gasteiger partial charge < -0.3 is 0 Å². The molecule has 66 valence electrons. The van der Waals surface area contributed by atoms with Crippen LogP contribution in [0.2, 0.25) is 0 Å². The lowest BCUT2D eigenvalue weighted by molar-refractivity contribution is 0.578. The molecule has 2 aliphatic rings. The van der Waals surface area contributed by atoms with Gasteiger partial charge in [-0.2, -0.15) is 0 Å². The van der Waals surface area contributed by atoms with Crippen molar-refractivity contribution in [2.75, 3.05) is 0 Å². The van der Waals surface area contributed by atoms with Crippen LogP contribution in [0.25, 0.3) is 0 Å². The molecule has 2 unspecified atom stereocenters. The molecule has 0 fully saturated rings. The number of fused-ring (bicyclic) bond motifs is 5. The van der Waals surface area contributed by atoms with Gasteiger partial charge in [0.15, 0.2) is 0 Å². The highest BCUT2D eigenvalue weighted by molar-refractivity contribution is 5.47. The van der Waals surface area contributed by atoms with Crippen molar-refractivity contribution in [1.82, 2.24) is 5.32 Å². The first kappa shape index (κ1) is 7.21. The van der Waals surface area contributed by atoms with Gasteiger partial charge in [0, 0.05) is 11.1 Å². The van der Waals surface area contributed by atoms with Gasteiger partial charge in [-0.05, 0) is 12.1 Å². The van der Waals surface area contributed by atoms with Crippen LogP contribution in [0.3, 0.4) is 0 Å². The predicted octanol–water partition coefficient (Wildman–Crippen LogP) is 2.22. The van der Waals surface area contributed by atoms with Crippen LogP contribution in [0, 0.1) is 11.6 Å².